The highest BCUT2D eigenvalue weighted by Gasteiger charge is 2.34. The lowest BCUT2D eigenvalue weighted by Crippen LogP contribution is -2.22. The second kappa shape index (κ2) is 6.37. The third kappa shape index (κ3) is 2.61. The van der Waals surface area contributed by atoms with Crippen LogP contribution in [0.3, 0.4) is 0 Å². The van der Waals surface area contributed by atoms with Gasteiger partial charge >= 0.3 is 0 Å². The Morgan fingerprint density at radius 1 is 0.680 bits per heavy atom. The van der Waals surface area contributed by atoms with Gasteiger partial charge in [0.1, 0.15) is 0 Å². The van der Waals surface area contributed by atoms with Crippen molar-refractivity contribution in [1.82, 2.24) is 0 Å². The number of fused-ring (bicyclic) bond motifs is 2. The van der Waals surface area contributed by atoms with Gasteiger partial charge in [-0.2, -0.15) is 12.6 Å². The van der Waals surface area contributed by atoms with E-state index in [1.165, 1.54) is 0 Å². The molecule has 4 rings (SSSR count). The summed E-state index contributed by atoms with van der Waals surface area (Å²) < 4.78 is 14.5. The molecule has 0 aliphatic carbocycles. The predicted molar refractivity (Wildman–Crippen MR) is 113 cm³/mol. The van der Waals surface area contributed by atoms with Crippen LogP contribution in [0.4, 0.5) is 0 Å². The fourth-order valence-electron chi connectivity index (χ4n) is 3.53. The molecule has 0 bridgehead atoms. The zero-order valence-electron chi connectivity index (χ0n) is 14.0. The van der Waals surface area contributed by atoms with E-state index in [4.69, 9.17) is 0 Å². The summed E-state index contributed by atoms with van der Waals surface area (Å²) in [5, 5.41) is 6.09. The minimum atomic E-state index is -2.92. The highest BCUT2D eigenvalue weighted by atomic mass is 32.1. The average molecular weight is 362 g/mol. The number of hydrogen-bond donors (Lipinski definition) is 1. The first-order valence-corrected chi connectivity index (χ1v) is 10.7. The highest BCUT2D eigenvalue weighted by Crippen LogP contribution is 2.52. The number of thiol groups is 1. The van der Waals surface area contributed by atoms with Crippen molar-refractivity contribution in [3.8, 4) is 0 Å². The molecular formula is C22H19OPS. The third-order valence-electron chi connectivity index (χ3n) is 4.78. The summed E-state index contributed by atoms with van der Waals surface area (Å²) in [6.45, 7) is 1.94. The van der Waals surface area contributed by atoms with Crippen LogP contribution in [0.2, 0.25) is 0 Å². The summed E-state index contributed by atoms with van der Waals surface area (Å²) in [4.78, 5) is -0.274. The molecule has 0 aliphatic rings. The van der Waals surface area contributed by atoms with Crippen LogP contribution in [0, 0.1) is 0 Å². The van der Waals surface area contributed by atoms with Gasteiger partial charge in [-0.15, -0.1) is 0 Å². The van der Waals surface area contributed by atoms with Crippen molar-refractivity contribution in [3.05, 3.63) is 84.9 Å². The maximum Gasteiger partial charge on any atom is 0.156 e. The van der Waals surface area contributed by atoms with Crippen LogP contribution in [0.5, 0.6) is 0 Å². The Morgan fingerprint density at radius 2 is 1.08 bits per heavy atom. The monoisotopic (exact) mass is 362 g/mol. The van der Waals surface area contributed by atoms with Crippen molar-refractivity contribution < 1.29 is 4.57 Å². The third-order valence-corrected chi connectivity index (χ3v) is 9.01. The molecule has 0 saturated heterocycles. The van der Waals surface area contributed by atoms with Crippen LogP contribution in [0.1, 0.15) is 6.92 Å². The molecule has 0 amide bonds. The maximum absolute atomic E-state index is 14.5. The molecule has 0 heterocycles. The molecule has 0 spiro atoms. The van der Waals surface area contributed by atoms with E-state index < -0.39 is 7.14 Å². The van der Waals surface area contributed by atoms with Gasteiger partial charge in [-0.25, -0.2) is 0 Å². The van der Waals surface area contributed by atoms with Crippen molar-refractivity contribution >= 4 is 51.9 Å². The van der Waals surface area contributed by atoms with Crippen molar-refractivity contribution in [2.24, 2.45) is 0 Å². The Kier molecular flexibility index (Phi) is 4.19. The van der Waals surface area contributed by atoms with Gasteiger partial charge in [-0.1, -0.05) is 84.9 Å². The molecular weight excluding hydrogens is 343 g/mol. The summed E-state index contributed by atoms with van der Waals surface area (Å²) in [6.07, 6.45) is 0. The summed E-state index contributed by atoms with van der Waals surface area (Å²) in [5.74, 6) is 0. The van der Waals surface area contributed by atoms with Gasteiger partial charge in [0.15, 0.2) is 7.14 Å². The maximum atomic E-state index is 14.5. The Bertz CT molecular complexity index is 1020. The van der Waals surface area contributed by atoms with E-state index >= 15 is 0 Å². The lowest BCUT2D eigenvalue weighted by Gasteiger charge is -2.25. The van der Waals surface area contributed by atoms with E-state index in [1.807, 2.05) is 55.5 Å². The van der Waals surface area contributed by atoms with Gasteiger partial charge in [-0.3, -0.25) is 0 Å². The Labute approximate surface area is 153 Å². The van der Waals surface area contributed by atoms with Gasteiger partial charge in [-0.05, 0) is 28.5 Å². The van der Waals surface area contributed by atoms with Crippen LogP contribution < -0.4 is 10.6 Å². The second-order valence-electron chi connectivity index (χ2n) is 6.29. The largest absolute Gasteiger partial charge is 0.312 e. The Morgan fingerprint density at radius 3 is 1.52 bits per heavy atom. The minimum absolute atomic E-state index is 0.274. The van der Waals surface area contributed by atoms with Gasteiger partial charge in [0.05, 0.1) is 4.99 Å². The molecule has 0 aliphatic heterocycles. The summed E-state index contributed by atoms with van der Waals surface area (Å²) in [5.41, 5.74) is 0. The van der Waals surface area contributed by atoms with Crippen LogP contribution in [-0.4, -0.2) is 4.99 Å². The van der Waals surface area contributed by atoms with Crippen LogP contribution in [-0.2, 0) is 4.57 Å². The molecule has 0 saturated carbocycles. The quantitative estimate of drug-likeness (QED) is 0.372. The smallest absolute Gasteiger partial charge is 0.156 e. The van der Waals surface area contributed by atoms with Gasteiger partial charge in [0.25, 0.3) is 0 Å². The zero-order chi connectivity index (χ0) is 17.4. The molecule has 0 radical (unpaired) electrons. The minimum Gasteiger partial charge on any atom is -0.312 e. The lowest BCUT2D eigenvalue weighted by molar-refractivity contribution is 0.586. The average Bonchev–Trinajstić information content (AvgIpc) is 2.66. The molecule has 1 atom stereocenters. The first-order chi connectivity index (χ1) is 12.1. The molecule has 0 fully saturated rings. The first-order valence-electron chi connectivity index (χ1n) is 8.37. The van der Waals surface area contributed by atoms with Crippen LogP contribution in [0.15, 0.2) is 84.9 Å². The van der Waals surface area contributed by atoms with E-state index in [0.29, 0.717) is 0 Å². The number of hydrogen-bond acceptors (Lipinski definition) is 2. The molecule has 124 valence electrons. The van der Waals surface area contributed by atoms with E-state index in [0.717, 1.165) is 32.2 Å². The molecule has 0 aromatic heterocycles. The zero-order valence-corrected chi connectivity index (χ0v) is 15.8. The van der Waals surface area contributed by atoms with Crippen LogP contribution in [0.25, 0.3) is 21.5 Å². The predicted octanol–water partition coefficient (Wildman–Crippen LogP) is 5.58. The molecule has 0 N–H and O–H groups in total. The van der Waals surface area contributed by atoms with Crippen molar-refractivity contribution in [1.29, 1.82) is 0 Å². The highest BCUT2D eigenvalue weighted by molar-refractivity contribution is 7.97. The molecule has 1 unspecified atom stereocenters. The van der Waals surface area contributed by atoms with Gasteiger partial charge in [0, 0.05) is 10.6 Å². The fraction of sp³-hybridized carbons (Fsp3) is 0.0909. The number of rotatable bonds is 3. The molecule has 4 aromatic carbocycles. The normalized spacial score (nSPS) is 13.2. The summed E-state index contributed by atoms with van der Waals surface area (Å²) in [7, 11) is -2.92. The van der Waals surface area contributed by atoms with Gasteiger partial charge < -0.3 is 4.57 Å². The molecule has 4 aromatic rings. The van der Waals surface area contributed by atoms with E-state index in [-0.39, 0.29) is 4.99 Å². The SMILES string of the molecule is CC(S)P(=O)(c1cccc2ccccc12)c1cccc2ccccc12. The topological polar surface area (TPSA) is 17.1 Å². The van der Waals surface area contributed by atoms with E-state index in [1.54, 1.807) is 0 Å². The molecule has 1 nitrogen and oxygen atoms in total. The van der Waals surface area contributed by atoms with E-state index in [2.05, 4.69) is 49.0 Å². The number of benzene rings is 4. The first kappa shape index (κ1) is 16.4. The standard InChI is InChI=1S/C22H19OPS/c1-16(25)24(23,21-14-6-10-17-8-2-4-12-19(17)21)22-15-7-11-18-9-3-5-13-20(18)22/h2-16,25H,1H3. The van der Waals surface area contributed by atoms with Crippen LogP contribution >= 0.6 is 19.8 Å². The van der Waals surface area contributed by atoms with Crippen molar-refractivity contribution in [2.45, 2.75) is 11.9 Å². The molecule has 3 heteroatoms. The molecule has 25 heavy (non-hydrogen) atoms. The van der Waals surface area contributed by atoms with Gasteiger partial charge in [0.2, 0.25) is 0 Å². The summed E-state index contributed by atoms with van der Waals surface area (Å²) in [6, 6.07) is 28.4. The Hall–Kier alpha value is -2.02. The lowest BCUT2D eigenvalue weighted by atomic mass is 10.1. The van der Waals surface area contributed by atoms with E-state index in [9.17, 15) is 4.57 Å². The van der Waals surface area contributed by atoms with Crippen molar-refractivity contribution in [2.75, 3.05) is 0 Å². The second-order valence-corrected chi connectivity index (χ2v) is 10.5. The summed E-state index contributed by atoms with van der Waals surface area (Å²) >= 11 is 4.69. The van der Waals surface area contributed by atoms with Crippen molar-refractivity contribution in [3.63, 3.8) is 0 Å². The Balaban J connectivity index is 2.11. The fourth-order valence-corrected chi connectivity index (χ4v) is 7.08.